The molecule has 98 valence electrons. The molecule has 5 nitrogen and oxygen atoms in total. The number of aromatic nitrogens is 4. The van der Waals surface area contributed by atoms with E-state index in [4.69, 9.17) is 17.3 Å². The van der Waals surface area contributed by atoms with Gasteiger partial charge in [-0.05, 0) is 31.9 Å². The van der Waals surface area contributed by atoms with Gasteiger partial charge in [0.1, 0.15) is 5.52 Å². The number of hydrogen-bond acceptors (Lipinski definition) is 4. The van der Waals surface area contributed by atoms with Gasteiger partial charge in [-0.15, -0.1) is 0 Å². The number of halogens is 1. The topological polar surface area (TPSA) is 69.6 Å². The molecule has 0 fully saturated rings. The summed E-state index contributed by atoms with van der Waals surface area (Å²) in [6, 6.07) is 0. The standard InChI is InChI=1S/C12H18ClN5/c1-4-5-6-12(2,3)18-7-15-8-9(14)16-11(13)17-10(8)18/h7H,4-6H2,1-3H3,(H2,14,16,17). The number of fused-ring (bicyclic) bond motifs is 1. The lowest BCUT2D eigenvalue weighted by atomic mass is 9.97. The smallest absolute Gasteiger partial charge is 0.226 e. The molecule has 0 unspecified atom stereocenters. The van der Waals surface area contributed by atoms with Gasteiger partial charge >= 0.3 is 0 Å². The van der Waals surface area contributed by atoms with Gasteiger partial charge in [0.15, 0.2) is 11.5 Å². The van der Waals surface area contributed by atoms with Crippen molar-refractivity contribution < 1.29 is 0 Å². The summed E-state index contributed by atoms with van der Waals surface area (Å²) in [7, 11) is 0. The molecule has 0 aliphatic heterocycles. The van der Waals surface area contributed by atoms with E-state index in [1.54, 1.807) is 6.33 Å². The first-order valence-electron chi connectivity index (χ1n) is 6.12. The van der Waals surface area contributed by atoms with Gasteiger partial charge in [-0.3, -0.25) is 0 Å². The van der Waals surface area contributed by atoms with Crippen molar-refractivity contribution in [1.82, 2.24) is 19.5 Å². The first kappa shape index (κ1) is 13.1. The summed E-state index contributed by atoms with van der Waals surface area (Å²) in [6.07, 6.45) is 5.13. The molecule has 2 heterocycles. The molecule has 0 radical (unpaired) electrons. The summed E-state index contributed by atoms with van der Waals surface area (Å²) in [5, 5.41) is 0.160. The molecular formula is C12H18ClN5. The number of nitrogens with zero attached hydrogens (tertiary/aromatic N) is 4. The van der Waals surface area contributed by atoms with Gasteiger partial charge in [0.2, 0.25) is 5.28 Å². The Morgan fingerprint density at radius 2 is 2.11 bits per heavy atom. The lowest BCUT2D eigenvalue weighted by molar-refractivity contribution is 0.324. The van der Waals surface area contributed by atoms with Crippen molar-refractivity contribution in [1.29, 1.82) is 0 Å². The lowest BCUT2D eigenvalue weighted by Crippen LogP contribution is -2.25. The second-order valence-electron chi connectivity index (χ2n) is 5.08. The Morgan fingerprint density at radius 3 is 2.78 bits per heavy atom. The number of rotatable bonds is 4. The highest BCUT2D eigenvalue weighted by Gasteiger charge is 2.23. The Balaban J connectivity index is 2.51. The lowest BCUT2D eigenvalue weighted by Gasteiger charge is -2.26. The maximum absolute atomic E-state index is 5.86. The zero-order valence-electron chi connectivity index (χ0n) is 10.9. The minimum atomic E-state index is -0.0606. The fourth-order valence-corrected chi connectivity index (χ4v) is 2.24. The van der Waals surface area contributed by atoms with E-state index in [1.807, 2.05) is 4.57 Å². The van der Waals surface area contributed by atoms with Crippen LogP contribution in [-0.4, -0.2) is 19.5 Å². The van der Waals surface area contributed by atoms with Crippen LogP contribution in [-0.2, 0) is 5.54 Å². The average molecular weight is 268 g/mol. The number of nitrogens with two attached hydrogens (primary N) is 1. The molecular weight excluding hydrogens is 250 g/mol. The van der Waals surface area contributed by atoms with Gasteiger partial charge in [-0.2, -0.15) is 9.97 Å². The van der Waals surface area contributed by atoms with Crippen LogP contribution in [0.3, 0.4) is 0 Å². The molecule has 2 rings (SSSR count). The molecule has 2 N–H and O–H groups in total. The Hall–Kier alpha value is -1.36. The van der Waals surface area contributed by atoms with Crippen LogP contribution >= 0.6 is 11.6 Å². The minimum Gasteiger partial charge on any atom is -0.382 e. The van der Waals surface area contributed by atoms with E-state index in [2.05, 4.69) is 35.7 Å². The van der Waals surface area contributed by atoms with Crippen LogP contribution in [0.2, 0.25) is 5.28 Å². The molecule has 0 saturated carbocycles. The summed E-state index contributed by atoms with van der Waals surface area (Å²) < 4.78 is 2.03. The van der Waals surface area contributed by atoms with E-state index in [-0.39, 0.29) is 10.8 Å². The van der Waals surface area contributed by atoms with Crippen LogP contribution < -0.4 is 5.73 Å². The largest absolute Gasteiger partial charge is 0.382 e. The number of unbranched alkanes of at least 4 members (excludes halogenated alkanes) is 1. The molecule has 0 atom stereocenters. The molecule has 0 aliphatic rings. The molecule has 18 heavy (non-hydrogen) atoms. The fraction of sp³-hybridized carbons (Fsp3) is 0.583. The summed E-state index contributed by atoms with van der Waals surface area (Å²) >= 11 is 5.86. The maximum Gasteiger partial charge on any atom is 0.226 e. The van der Waals surface area contributed by atoms with E-state index >= 15 is 0 Å². The van der Waals surface area contributed by atoms with Crippen molar-refractivity contribution in [2.75, 3.05) is 5.73 Å². The van der Waals surface area contributed by atoms with Crippen molar-refractivity contribution in [3.8, 4) is 0 Å². The number of nitrogen functional groups attached to an aromatic ring is 1. The average Bonchev–Trinajstić information content (AvgIpc) is 2.71. The molecule has 0 aliphatic carbocycles. The highest BCUT2D eigenvalue weighted by atomic mass is 35.5. The second-order valence-corrected chi connectivity index (χ2v) is 5.42. The zero-order chi connectivity index (χ0) is 13.3. The summed E-state index contributed by atoms with van der Waals surface area (Å²) in [5.41, 5.74) is 7.06. The van der Waals surface area contributed by atoms with E-state index in [1.165, 1.54) is 0 Å². The molecule has 2 aromatic heterocycles. The monoisotopic (exact) mass is 267 g/mol. The van der Waals surface area contributed by atoms with Crippen LogP contribution in [0.25, 0.3) is 11.2 Å². The Kier molecular flexibility index (Phi) is 3.43. The Morgan fingerprint density at radius 1 is 1.39 bits per heavy atom. The van der Waals surface area contributed by atoms with Crippen molar-refractivity contribution in [2.45, 2.75) is 45.6 Å². The molecule has 0 amide bonds. The van der Waals surface area contributed by atoms with Crippen molar-refractivity contribution in [3.63, 3.8) is 0 Å². The quantitative estimate of drug-likeness (QED) is 0.865. The normalized spacial score (nSPS) is 12.2. The molecule has 0 saturated heterocycles. The van der Waals surface area contributed by atoms with Crippen LogP contribution in [0.4, 0.5) is 5.82 Å². The summed E-state index contributed by atoms with van der Waals surface area (Å²) in [6.45, 7) is 6.51. The maximum atomic E-state index is 5.86. The first-order valence-corrected chi connectivity index (χ1v) is 6.50. The van der Waals surface area contributed by atoms with Crippen LogP contribution in [0.5, 0.6) is 0 Å². The third kappa shape index (κ3) is 2.27. The van der Waals surface area contributed by atoms with Gasteiger partial charge in [0.25, 0.3) is 0 Å². The van der Waals surface area contributed by atoms with Gasteiger partial charge in [0.05, 0.1) is 6.33 Å². The number of imidazole rings is 1. The minimum absolute atomic E-state index is 0.0606. The highest BCUT2D eigenvalue weighted by molar-refractivity contribution is 6.28. The predicted octanol–water partition coefficient (Wildman–Crippen LogP) is 2.99. The predicted molar refractivity (Wildman–Crippen MR) is 73.6 cm³/mol. The Bertz CT molecular complexity index is 561. The molecule has 6 heteroatoms. The molecule has 0 bridgehead atoms. The first-order chi connectivity index (χ1) is 8.45. The Labute approximate surface area is 111 Å². The van der Waals surface area contributed by atoms with Gasteiger partial charge in [0, 0.05) is 5.54 Å². The van der Waals surface area contributed by atoms with E-state index in [0.29, 0.717) is 17.0 Å². The second kappa shape index (κ2) is 4.72. The third-order valence-electron chi connectivity index (χ3n) is 3.19. The van der Waals surface area contributed by atoms with E-state index in [0.717, 1.165) is 19.3 Å². The summed E-state index contributed by atoms with van der Waals surface area (Å²) in [5.74, 6) is 0.329. The molecule has 2 aromatic rings. The van der Waals surface area contributed by atoms with Crippen molar-refractivity contribution in [2.24, 2.45) is 0 Å². The number of hydrogen-bond donors (Lipinski definition) is 1. The zero-order valence-corrected chi connectivity index (χ0v) is 11.7. The van der Waals surface area contributed by atoms with Gasteiger partial charge < -0.3 is 10.3 Å². The van der Waals surface area contributed by atoms with E-state index < -0.39 is 0 Å². The van der Waals surface area contributed by atoms with Crippen LogP contribution in [0, 0.1) is 0 Å². The van der Waals surface area contributed by atoms with Crippen LogP contribution in [0.15, 0.2) is 6.33 Å². The van der Waals surface area contributed by atoms with Gasteiger partial charge in [-0.1, -0.05) is 19.8 Å². The third-order valence-corrected chi connectivity index (χ3v) is 3.36. The van der Waals surface area contributed by atoms with Gasteiger partial charge in [-0.25, -0.2) is 4.98 Å². The SMILES string of the molecule is CCCCC(C)(C)n1cnc2c(N)nc(Cl)nc21. The number of anilines is 1. The van der Waals surface area contributed by atoms with Crippen molar-refractivity contribution >= 4 is 28.6 Å². The summed E-state index contributed by atoms with van der Waals surface area (Å²) in [4.78, 5) is 12.4. The highest BCUT2D eigenvalue weighted by Crippen LogP contribution is 2.28. The van der Waals surface area contributed by atoms with Crippen molar-refractivity contribution in [3.05, 3.63) is 11.6 Å². The molecule has 0 aromatic carbocycles. The fourth-order valence-electron chi connectivity index (χ4n) is 2.07. The van der Waals surface area contributed by atoms with E-state index in [9.17, 15) is 0 Å². The molecule has 0 spiro atoms. The van der Waals surface area contributed by atoms with Crippen LogP contribution in [0.1, 0.15) is 40.0 Å².